The van der Waals surface area contributed by atoms with Crippen LogP contribution in [0.2, 0.25) is 0 Å². The van der Waals surface area contributed by atoms with Gasteiger partial charge in [0.05, 0.1) is 0 Å². The molecule has 1 unspecified atom stereocenters. The van der Waals surface area contributed by atoms with Gasteiger partial charge in [0.25, 0.3) is 0 Å². The maximum absolute atomic E-state index is 11.9. The molecule has 0 saturated carbocycles. The fourth-order valence-electron chi connectivity index (χ4n) is 2.32. The van der Waals surface area contributed by atoms with Crippen LogP contribution < -0.4 is 5.32 Å². The molecule has 0 aromatic heterocycles. The zero-order chi connectivity index (χ0) is 15.5. The van der Waals surface area contributed by atoms with E-state index in [4.69, 9.17) is 0 Å². The minimum atomic E-state index is 0.0965. The molecule has 1 amide bonds. The number of carbonyl (C=O) groups excluding carboxylic acids is 1. The molecule has 0 fully saturated rings. The summed E-state index contributed by atoms with van der Waals surface area (Å²) in [6.07, 6.45) is 17.8. The molecular formula is C19H29NO. The van der Waals surface area contributed by atoms with Crippen molar-refractivity contribution < 1.29 is 4.79 Å². The van der Waals surface area contributed by atoms with Crippen molar-refractivity contribution in [3.8, 4) is 0 Å². The van der Waals surface area contributed by atoms with E-state index < -0.39 is 0 Å². The topological polar surface area (TPSA) is 29.1 Å². The van der Waals surface area contributed by atoms with Crippen LogP contribution in [-0.4, -0.2) is 12.5 Å². The van der Waals surface area contributed by atoms with Gasteiger partial charge in [-0.3, -0.25) is 4.79 Å². The molecule has 0 bridgehead atoms. The fraction of sp³-hybridized carbons (Fsp3) is 0.526. The Labute approximate surface area is 129 Å². The highest BCUT2D eigenvalue weighted by atomic mass is 16.1. The molecule has 0 heterocycles. The van der Waals surface area contributed by atoms with E-state index in [9.17, 15) is 4.79 Å². The summed E-state index contributed by atoms with van der Waals surface area (Å²) in [6.45, 7) is 6.97. The lowest BCUT2D eigenvalue weighted by molar-refractivity contribution is -0.120. The summed E-state index contributed by atoms with van der Waals surface area (Å²) in [4.78, 5) is 11.9. The monoisotopic (exact) mass is 287 g/mol. The van der Waals surface area contributed by atoms with Gasteiger partial charge in [0, 0.05) is 13.0 Å². The molecule has 0 spiro atoms. The summed E-state index contributed by atoms with van der Waals surface area (Å²) in [6, 6.07) is 0. The maximum Gasteiger partial charge on any atom is 0.224 e. The van der Waals surface area contributed by atoms with Crippen molar-refractivity contribution in [3.05, 3.63) is 47.6 Å². The number of hydrogen-bond acceptors (Lipinski definition) is 1. The van der Waals surface area contributed by atoms with Crippen molar-refractivity contribution in [1.29, 1.82) is 0 Å². The lowest BCUT2D eigenvalue weighted by Crippen LogP contribution is -2.25. The van der Waals surface area contributed by atoms with E-state index in [0.717, 1.165) is 18.4 Å². The zero-order valence-electron chi connectivity index (χ0n) is 13.7. The number of carbonyl (C=O) groups is 1. The Morgan fingerprint density at radius 1 is 1.43 bits per heavy atom. The molecule has 0 radical (unpaired) electrons. The summed E-state index contributed by atoms with van der Waals surface area (Å²) < 4.78 is 0. The van der Waals surface area contributed by atoms with Crippen LogP contribution in [-0.2, 0) is 4.79 Å². The standard InChI is InChI=1S/C19H29NO/c1-4-6-7-9-16(3)14-19(21)20-15-18-11-8-10-17(5-2)12-13-18/h6-7,9,11-13,17H,4-5,8,10,14-15H2,1-3H3,(H,20,21)/b7-6-,16-9+. The van der Waals surface area contributed by atoms with Gasteiger partial charge >= 0.3 is 0 Å². The second-order valence-corrected chi connectivity index (χ2v) is 5.69. The Morgan fingerprint density at radius 2 is 2.24 bits per heavy atom. The summed E-state index contributed by atoms with van der Waals surface area (Å²) >= 11 is 0. The lowest BCUT2D eigenvalue weighted by Gasteiger charge is -2.06. The Hall–Kier alpha value is -1.57. The minimum absolute atomic E-state index is 0.0965. The third-order valence-corrected chi connectivity index (χ3v) is 3.73. The molecule has 2 heteroatoms. The van der Waals surface area contributed by atoms with Crippen LogP contribution in [0.15, 0.2) is 47.6 Å². The van der Waals surface area contributed by atoms with E-state index in [2.05, 4.69) is 43.5 Å². The van der Waals surface area contributed by atoms with Gasteiger partial charge in [-0.25, -0.2) is 0 Å². The maximum atomic E-state index is 11.9. The first kappa shape index (κ1) is 17.5. The molecule has 116 valence electrons. The summed E-state index contributed by atoms with van der Waals surface area (Å²) in [7, 11) is 0. The average Bonchev–Trinajstić information content (AvgIpc) is 2.70. The van der Waals surface area contributed by atoms with Gasteiger partial charge in [0.2, 0.25) is 5.91 Å². The van der Waals surface area contributed by atoms with Crippen molar-refractivity contribution in [2.75, 3.05) is 6.54 Å². The number of allylic oxidation sites excluding steroid dienone is 5. The predicted octanol–water partition coefficient (Wildman–Crippen LogP) is 4.71. The molecule has 0 aliphatic heterocycles. The molecule has 1 aliphatic rings. The molecule has 0 saturated heterocycles. The van der Waals surface area contributed by atoms with Crippen LogP contribution in [0.1, 0.15) is 52.9 Å². The molecule has 0 aromatic rings. The van der Waals surface area contributed by atoms with Crippen LogP contribution in [0.3, 0.4) is 0 Å². The third kappa shape index (κ3) is 7.69. The Morgan fingerprint density at radius 3 is 2.95 bits per heavy atom. The van der Waals surface area contributed by atoms with Crippen LogP contribution in [0.4, 0.5) is 0 Å². The van der Waals surface area contributed by atoms with Gasteiger partial charge in [-0.05, 0) is 44.1 Å². The van der Waals surface area contributed by atoms with E-state index in [1.807, 2.05) is 19.1 Å². The van der Waals surface area contributed by atoms with Crippen LogP contribution in [0.25, 0.3) is 0 Å². The average molecular weight is 287 g/mol. The van der Waals surface area contributed by atoms with Crippen LogP contribution in [0, 0.1) is 5.92 Å². The van der Waals surface area contributed by atoms with Crippen molar-refractivity contribution in [1.82, 2.24) is 5.32 Å². The quantitative estimate of drug-likeness (QED) is 0.675. The van der Waals surface area contributed by atoms with Gasteiger partial charge in [-0.15, -0.1) is 0 Å². The Balaban J connectivity index is 2.37. The van der Waals surface area contributed by atoms with E-state index in [1.54, 1.807) is 0 Å². The Kier molecular flexibility index (Phi) is 8.49. The Bertz CT molecular complexity index is 440. The largest absolute Gasteiger partial charge is 0.352 e. The van der Waals surface area contributed by atoms with Crippen molar-refractivity contribution in [2.24, 2.45) is 5.92 Å². The van der Waals surface area contributed by atoms with Gasteiger partial charge in [0.15, 0.2) is 0 Å². The van der Waals surface area contributed by atoms with Crippen LogP contribution in [0.5, 0.6) is 0 Å². The van der Waals surface area contributed by atoms with Crippen LogP contribution >= 0.6 is 0 Å². The van der Waals surface area contributed by atoms with Gasteiger partial charge in [0.1, 0.15) is 0 Å². The summed E-state index contributed by atoms with van der Waals surface area (Å²) in [5.74, 6) is 0.782. The molecule has 1 atom stereocenters. The predicted molar refractivity (Wildman–Crippen MR) is 91.1 cm³/mol. The van der Waals surface area contributed by atoms with E-state index >= 15 is 0 Å². The van der Waals surface area contributed by atoms with Crippen molar-refractivity contribution in [3.63, 3.8) is 0 Å². The van der Waals surface area contributed by atoms with Gasteiger partial charge in [-0.2, -0.15) is 0 Å². The molecular weight excluding hydrogens is 258 g/mol. The zero-order valence-corrected chi connectivity index (χ0v) is 13.7. The molecule has 0 aromatic carbocycles. The van der Waals surface area contributed by atoms with E-state index in [0.29, 0.717) is 18.9 Å². The molecule has 1 N–H and O–H groups in total. The first-order chi connectivity index (χ1) is 10.2. The number of amides is 1. The minimum Gasteiger partial charge on any atom is -0.352 e. The number of nitrogens with one attached hydrogen (secondary N) is 1. The number of rotatable bonds is 7. The first-order valence-corrected chi connectivity index (χ1v) is 8.11. The van der Waals surface area contributed by atoms with Gasteiger partial charge < -0.3 is 5.32 Å². The fourth-order valence-corrected chi connectivity index (χ4v) is 2.32. The second kappa shape index (κ2) is 10.2. The molecule has 21 heavy (non-hydrogen) atoms. The lowest BCUT2D eigenvalue weighted by atomic mass is 10.0. The third-order valence-electron chi connectivity index (χ3n) is 3.73. The molecule has 1 rings (SSSR count). The molecule has 2 nitrogen and oxygen atoms in total. The van der Waals surface area contributed by atoms with Crippen molar-refractivity contribution in [2.45, 2.75) is 52.9 Å². The highest BCUT2D eigenvalue weighted by Gasteiger charge is 2.07. The van der Waals surface area contributed by atoms with Crippen molar-refractivity contribution >= 4 is 5.91 Å². The number of hydrogen-bond donors (Lipinski definition) is 1. The second-order valence-electron chi connectivity index (χ2n) is 5.69. The normalized spacial score (nSPS) is 19.5. The highest BCUT2D eigenvalue weighted by Crippen LogP contribution is 2.18. The SMILES string of the molecule is CC/C=C\C=C(/C)CC(=O)NCC1=CCCC(CC)C=C1. The highest BCUT2D eigenvalue weighted by molar-refractivity contribution is 5.78. The van der Waals surface area contributed by atoms with E-state index in [-0.39, 0.29) is 5.91 Å². The van der Waals surface area contributed by atoms with E-state index in [1.165, 1.54) is 18.4 Å². The smallest absolute Gasteiger partial charge is 0.224 e. The summed E-state index contributed by atoms with van der Waals surface area (Å²) in [5, 5.41) is 3.01. The molecule has 1 aliphatic carbocycles. The summed E-state index contributed by atoms with van der Waals surface area (Å²) in [5.41, 5.74) is 2.32. The van der Waals surface area contributed by atoms with Gasteiger partial charge in [-0.1, -0.05) is 55.9 Å². The first-order valence-electron chi connectivity index (χ1n) is 8.11.